The predicted molar refractivity (Wildman–Crippen MR) is 74.0 cm³/mol. The lowest BCUT2D eigenvalue weighted by atomic mass is 10.2. The first-order valence-corrected chi connectivity index (χ1v) is 7.11. The quantitative estimate of drug-likeness (QED) is 0.645. The molecule has 6 heteroatoms. The number of nitrogens with zero attached hydrogens (tertiary/aromatic N) is 3. The fraction of sp³-hybridized carbons (Fsp3) is 0.923. The third kappa shape index (κ3) is 4.14. The van der Waals surface area contributed by atoms with Crippen molar-refractivity contribution in [1.29, 1.82) is 0 Å². The van der Waals surface area contributed by atoms with E-state index in [1.807, 2.05) is 19.0 Å². The molecule has 6 nitrogen and oxygen atoms in total. The monoisotopic (exact) mass is 270 g/mol. The van der Waals surface area contributed by atoms with Gasteiger partial charge in [0.2, 0.25) is 5.91 Å². The zero-order valence-electron chi connectivity index (χ0n) is 12.0. The smallest absolute Gasteiger partial charge is 0.236 e. The van der Waals surface area contributed by atoms with Gasteiger partial charge < -0.3 is 20.2 Å². The van der Waals surface area contributed by atoms with Crippen LogP contribution in [0.2, 0.25) is 0 Å². The van der Waals surface area contributed by atoms with Crippen LogP contribution in [-0.2, 0) is 4.79 Å². The first-order chi connectivity index (χ1) is 9.06. The Bertz CT molecular complexity index is 305. The fourth-order valence-corrected chi connectivity index (χ4v) is 2.95. The number of aliphatic hydroxyl groups excluding tert-OH is 1. The van der Waals surface area contributed by atoms with E-state index < -0.39 is 0 Å². The predicted octanol–water partition coefficient (Wildman–Crippen LogP) is -1.58. The maximum Gasteiger partial charge on any atom is 0.236 e. The summed E-state index contributed by atoms with van der Waals surface area (Å²) in [6.07, 6.45) is 0.480. The second kappa shape index (κ2) is 6.65. The Morgan fingerprint density at radius 2 is 2.05 bits per heavy atom. The van der Waals surface area contributed by atoms with E-state index in [0.717, 1.165) is 39.1 Å². The summed E-state index contributed by atoms with van der Waals surface area (Å²) in [6, 6.07) is 0.289. The number of hydrogen-bond donors (Lipinski definition) is 2. The van der Waals surface area contributed by atoms with Crippen molar-refractivity contribution < 1.29 is 9.90 Å². The Morgan fingerprint density at radius 1 is 1.37 bits per heavy atom. The number of likely N-dealkylation sites (tertiary alicyclic amines) is 1. The van der Waals surface area contributed by atoms with Gasteiger partial charge in [-0.25, -0.2) is 0 Å². The van der Waals surface area contributed by atoms with Crippen LogP contribution in [0.3, 0.4) is 0 Å². The van der Waals surface area contributed by atoms with E-state index in [9.17, 15) is 9.90 Å². The largest absolute Gasteiger partial charge is 0.392 e. The van der Waals surface area contributed by atoms with E-state index in [-0.39, 0.29) is 18.1 Å². The van der Waals surface area contributed by atoms with Crippen molar-refractivity contribution in [1.82, 2.24) is 20.0 Å². The number of piperazine rings is 1. The number of nitrogens with one attached hydrogen (secondary N) is 1. The lowest BCUT2D eigenvalue weighted by molar-refractivity contribution is -0.133. The topological polar surface area (TPSA) is 59.1 Å². The van der Waals surface area contributed by atoms with Gasteiger partial charge in [0.05, 0.1) is 12.6 Å². The van der Waals surface area contributed by atoms with Gasteiger partial charge in [0.15, 0.2) is 0 Å². The van der Waals surface area contributed by atoms with Crippen LogP contribution in [0.15, 0.2) is 0 Å². The standard InChI is InChI=1S/C13H26N4O2/c1-15(2)8-11-7-12(18)9-17(11)10-13(19)16-5-3-14-4-6-16/h11-12,14,18H,3-10H2,1-2H3. The van der Waals surface area contributed by atoms with Crippen LogP contribution in [0.5, 0.6) is 0 Å². The van der Waals surface area contributed by atoms with Gasteiger partial charge in [-0.15, -0.1) is 0 Å². The molecule has 2 rings (SSSR count). The molecule has 2 N–H and O–H groups in total. The zero-order valence-corrected chi connectivity index (χ0v) is 12.0. The van der Waals surface area contributed by atoms with Crippen LogP contribution in [0.4, 0.5) is 0 Å². The van der Waals surface area contributed by atoms with E-state index in [1.54, 1.807) is 0 Å². The van der Waals surface area contributed by atoms with Gasteiger partial charge in [0, 0.05) is 45.3 Å². The number of likely N-dealkylation sites (N-methyl/N-ethyl adjacent to an activating group) is 1. The van der Waals surface area contributed by atoms with Crippen molar-refractivity contribution in [3.8, 4) is 0 Å². The highest BCUT2D eigenvalue weighted by atomic mass is 16.3. The zero-order chi connectivity index (χ0) is 13.8. The summed E-state index contributed by atoms with van der Waals surface area (Å²) >= 11 is 0. The van der Waals surface area contributed by atoms with Crippen molar-refractivity contribution >= 4 is 5.91 Å². The average Bonchev–Trinajstić information content (AvgIpc) is 2.69. The minimum absolute atomic E-state index is 0.194. The Labute approximate surface area is 115 Å². The molecule has 2 aliphatic heterocycles. The third-order valence-corrected chi connectivity index (χ3v) is 3.89. The summed E-state index contributed by atoms with van der Waals surface area (Å²) < 4.78 is 0. The van der Waals surface area contributed by atoms with Crippen LogP contribution >= 0.6 is 0 Å². The summed E-state index contributed by atoms with van der Waals surface area (Å²) in [5, 5.41) is 13.1. The summed E-state index contributed by atoms with van der Waals surface area (Å²) in [5.74, 6) is 0.194. The molecule has 1 amide bonds. The van der Waals surface area contributed by atoms with Gasteiger partial charge in [-0.2, -0.15) is 0 Å². The maximum absolute atomic E-state index is 12.3. The van der Waals surface area contributed by atoms with Crippen molar-refractivity contribution in [3.63, 3.8) is 0 Å². The minimum atomic E-state index is -0.291. The molecule has 0 bridgehead atoms. The van der Waals surface area contributed by atoms with Gasteiger partial charge in [0.1, 0.15) is 0 Å². The van der Waals surface area contributed by atoms with Gasteiger partial charge in [-0.1, -0.05) is 0 Å². The highest BCUT2D eigenvalue weighted by Crippen LogP contribution is 2.18. The molecule has 2 fully saturated rings. The summed E-state index contributed by atoms with van der Waals surface area (Å²) in [7, 11) is 4.06. The van der Waals surface area contributed by atoms with E-state index in [1.165, 1.54) is 0 Å². The molecular formula is C13H26N4O2. The lowest BCUT2D eigenvalue weighted by Gasteiger charge is -2.31. The second-order valence-electron chi connectivity index (χ2n) is 5.87. The third-order valence-electron chi connectivity index (χ3n) is 3.89. The van der Waals surface area contributed by atoms with E-state index in [2.05, 4.69) is 15.1 Å². The minimum Gasteiger partial charge on any atom is -0.392 e. The Hall–Kier alpha value is -0.690. The number of carbonyl (C=O) groups is 1. The van der Waals surface area contributed by atoms with E-state index >= 15 is 0 Å². The molecule has 2 heterocycles. The summed E-state index contributed by atoms with van der Waals surface area (Å²) in [5.41, 5.74) is 0. The number of aliphatic hydroxyl groups is 1. The number of β-amino-alcohol motifs (C(OH)–C–C–N with tert-alkyl or cyclic N) is 1. The van der Waals surface area contributed by atoms with Crippen molar-refractivity contribution in [3.05, 3.63) is 0 Å². The molecule has 2 unspecified atom stereocenters. The molecule has 0 aromatic carbocycles. The van der Waals surface area contributed by atoms with Crippen molar-refractivity contribution in [2.24, 2.45) is 0 Å². The number of carbonyl (C=O) groups excluding carboxylic acids is 1. The molecule has 19 heavy (non-hydrogen) atoms. The first-order valence-electron chi connectivity index (χ1n) is 7.11. The maximum atomic E-state index is 12.3. The molecule has 2 aliphatic rings. The molecule has 2 saturated heterocycles. The molecule has 0 radical (unpaired) electrons. The van der Waals surface area contributed by atoms with Crippen molar-refractivity contribution in [2.45, 2.75) is 18.6 Å². The first kappa shape index (κ1) is 14.7. The highest BCUT2D eigenvalue weighted by Gasteiger charge is 2.33. The van der Waals surface area contributed by atoms with Gasteiger partial charge in [-0.3, -0.25) is 9.69 Å². The van der Waals surface area contributed by atoms with Crippen LogP contribution < -0.4 is 5.32 Å². The Morgan fingerprint density at radius 3 is 2.68 bits per heavy atom. The van der Waals surface area contributed by atoms with E-state index in [4.69, 9.17) is 0 Å². The molecule has 0 saturated carbocycles. The number of amides is 1. The average molecular weight is 270 g/mol. The van der Waals surface area contributed by atoms with Crippen LogP contribution in [-0.4, -0.2) is 97.8 Å². The van der Waals surface area contributed by atoms with Crippen LogP contribution in [0.1, 0.15) is 6.42 Å². The number of rotatable bonds is 4. The van der Waals surface area contributed by atoms with Crippen molar-refractivity contribution in [2.75, 3.05) is 59.9 Å². The molecule has 110 valence electrons. The van der Waals surface area contributed by atoms with Gasteiger partial charge in [-0.05, 0) is 20.5 Å². The highest BCUT2D eigenvalue weighted by molar-refractivity contribution is 5.78. The Balaban J connectivity index is 1.86. The molecule has 2 atom stereocenters. The summed E-state index contributed by atoms with van der Waals surface area (Å²) in [6.45, 7) is 5.32. The second-order valence-corrected chi connectivity index (χ2v) is 5.87. The van der Waals surface area contributed by atoms with Gasteiger partial charge in [0.25, 0.3) is 0 Å². The lowest BCUT2D eigenvalue weighted by Crippen LogP contribution is -2.51. The molecule has 0 aromatic heterocycles. The van der Waals surface area contributed by atoms with Gasteiger partial charge >= 0.3 is 0 Å². The normalized spacial score (nSPS) is 29.2. The fourth-order valence-electron chi connectivity index (χ4n) is 2.95. The van der Waals surface area contributed by atoms with Crippen LogP contribution in [0.25, 0.3) is 0 Å². The van der Waals surface area contributed by atoms with Crippen LogP contribution in [0, 0.1) is 0 Å². The molecular weight excluding hydrogens is 244 g/mol. The SMILES string of the molecule is CN(C)CC1CC(O)CN1CC(=O)N1CCNCC1. The number of hydrogen-bond acceptors (Lipinski definition) is 5. The molecule has 0 aliphatic carbocycles. The molecule has 0 spiro atoms. The van der Waals surface area contributed by atoms with E-state index in [0.29, 0.717) is 13.1 Å². The Kier molecular flexibility index (Phi) is 5.15. The summed E-state index contributed by atoms with van der Waals surface area (Å²) in [4.78, 5) is 18.4. The molecule has 0 aromatic rings.